The van der Waals surface area contributed by atoms with Gasteiger partial charge in [0.2, 0.25) is 0 Å². The Bertz CT molecular complexity index is 3790. The van der Waals surface area contributed by atoms with Crippen molar-refractivity contribution in [2.24, 2.45) is 9.98 Å². The molecular weight excluding hydrogens is 1110 g/mol. The number of aliphatic imine (C=N–C) groups is 2. The highest BCUT2D eigenvalue weighted by Gasteiger charge is 2.33. The maximum Gasteiger partial charge on any atom is 0.643 e. The number of H-pyrrole nitrogens is 4. The highest BCUT2D eigenvalue weighted by molar-refractivity contribution is 7.54. The molecule has 9 aromatic rings. The number of nitrogens with one attached hydrogen (secondary N) is 4. The lowest BCUT2D eigenvalue weighted by molar-refractivity contribution is -0.120. The third-order valence-electron chi connectivity index (χ3n) is 12.5. The van der Waals surface area contributed by atoms with Gasteiger partial charge in [-0.3, -0.25) is 19.6 Å². The van der Waals surface area contributed by atoms with Crippen molar-refractivity contribution < 1.29 is 14.3 Å². The molecule has 75 heavy (non-hydrogen) atoms. The summed E-state index contributed by atoms with van der Waals surface area (Å²) in [6.45, 7) is 0.323. The first-order chi connectivity index (χ1) is 36.1. The molecule has 0 saturated carbocycles. The van der Waals surface area contributed by atoms with Gasteiger partial charge in [-0.15, -0.1) is 0 Å². The number of fused-ring (bicyclic) bond motifs is 4. The number of ether oxygens (including phenoxy) is 1. The van der Waals surface area contributed by atoms with E-state index in [1.54, 1.807) is 24.1 Å². The topological polar surface area (TPSA) is 169 Å². The first-order valence-electron chi connectivity index (χ1n) is 23.2. The second kappa shape index (κ2) is 23.9. The van der Waals surface area contributed by atoms with Crippen molar-refractivity contribution in [3.63, 3.8) is 0 Å². The van der Waals surface area contributed by atoms with Crippen LogP contribution in [0, 0.1) is 0 Å². The summed E-state index contributed by atoms with van der Waals surface area (Å²) >= 11 is 23.9. The van der Waals surface area contributed by atoms with Crippen LogP contribution in [-0.2, 0) is 35.4 Å². The molecular formula is C55H41AlCl7N7O5. The first kappa shape index (κ1) is 53.7. The van der Waals surface area contributed by atoms with E-state index < -0.39 is 23.5 Å². The number of methoxy groups -OCH3 is 1. The Balaban J connectivity index is 0.000000176. The summed E-state index contributed by atoms with van der Waals surface area (Å²) in [6.07, 6.45) is 0.983. The lowest BCUT2D eigenvalue weighted by Gasteiger charge is -2.26. The van der Waals surface area contributed by atoms with Gasteiger partial charge in [0.25, 0.3) is 5.91 Å². The Morgan fingerprint density at radius 2 is 1.07 bits per heavy atom. The number of carbonyl (C=O) groups excluding carboxylic acids is 2. The van der Waals surface area contributed by atoms with E-state index in [-0.39, 0.29) is 29.5 Å². The number of ketones is 1. The molecule has 4 N–H and O–H groups in total. The van der Waals surface area contributed by atoms with Crippen molar-refractivity contribution >= 4 is 139 Å². The highest BCUT2D eigenvalue weighted by atomic mass is 35.8. The molecule has 0 spiro atoms. The number of aromatic amines is 4. The van der Waals surface area contributed by atoms with Crippen molar-refractivity contribution in [1.29, 1.82) is 0 Å². The van der Waals surface area contributed by atoms with Crippen LogP contribution in [0.3, 0.4) is 0 Å². The van der Waals surface area contributed by atoms with E-state index in [9.17, 15) is 19.2 Å². The molecule has 378 valence electrons. The molecule has 20 heteroatoms. The summed E-state index contributed by atoms with van der Waals surface area (Å²) < 4.78 is 5.31. The summed E-state index contributed by atoms with van der Waals surface area (Å²) in [4.78, 5) is 73.9. The van der Waals surface area contributed by atoms with Crippen molar-refractivity contribution in [2.45, 2.75) is 37.9 Å². The van der Waals surface area contributed by atoms with E-state index >= 15 is 0 Å². The Labute approximate surface area is 466 Å². The van der Waals surface area contributed by atoms with Gasteiger partial charge in [-0.25, -0.2) is 39.7 Å². The average Bonchev–Trinajstić information content (AvgIpc) is 3.90. The van der Waals surface area contributed by atoms with Gasteiger partial charge in [0.1, 0.15) is 17.8 Å². The molecule has 11 rings (SSSR count). The number of amides is 1. The smallest absolute Gasteiger partial charge is 0.497 e. The Kier molecular flexibility index (Phi) is 17.1. The maximum atomic E-state index is 14.3. The van der Waals surface area contributed by atoms with Crippen molar-refractivity contribution in [3.05, 3.63) is 231 Å². The van der Waals surface area contributed by atoms with Gasteiger partial charge < -0.3 is 29.6 Å². The van der Waals surface area contributed by atoms with Gasteiger partial charge in [-0.1, -0.05) is 113 Å². The lowest BCUT2D eigenvalue weighted by atomic mass is 9.95. The predicted octanol–water partition coefficient (Wildman–Crippen LogP) is 12.6. The van der Waals surface area contributed by atoms with Gasteiger partial charge in [0, 0.05) is 61.6 Å². The number of benzodiazepines with no additional fused rings is 1. The van der Waals surface area contributed by atoms with Crippen LogP contribution >= 0.6 is 76.6 Å². The Hall–Kier alpha value is -6.08. The van der Waals surface area contributed by atoms with E-state index in [2.05, 4.69) is 19.9 Å². The summed E-state index contributed by atoms with van der Waals surface area (Å²) in [5.41, 5.74) is 10.7. The molecule has 12 nitrogen and oxygen atoms in total. The van der Waals surface area contributed by atoms with Crippen LogP contribution in [0.15, 0.2) is 165 Å². The zero-order chi connectivity index (χ0) is 52.9. The number of Topliss-reactive ketones (excluding diaryl/α,β-unsaturated/α-hetero) is 1. The van der Waals surface area contributed by atoms with Gasteiger partial charge in [-0.05, 0) is 101 Å². The third-order valence-corrected chi connectivity index (χ3v) is 13.7. The van der Waals surface area contributed by atoms with Crippen LogP contribution in [-0.4, -0.2) is 73.6 Å². The fraction of sp³-hybridized carbons (Fsp3) is 0.127. The van der Waals surface area contributed by atoms with Crippen molar-refractivity contribution in [2.75, 3.05) is 12.0 Å². The van der Waals surface area contributed by atoms with Gasteiger partial charge >= 0.3 is 22.8 Å². The summed E-state index contributed by atoms with van der Waals surface area (Å²) in [6, 6.07) is 43.3. The molecule has 2 aliphatic heterocycles. The molecule has 7 aromatic carbocycles. The van der Waals surface area contributed by atoms with E-state index in [0.717, 1.165) is 44.7 Å². The number of halogens is 7. The minimum absolute atomic E-state index is 0.0228. The molecule has 0 fully saturated rings. The molecule has 0 aliphatic carbocycles. The maximum absolute atomic E-state index is 14.3. The van der Waals surface area contributed by atoms with Gasteiger partial charge in [0.15, 0.2) is 5.78 Å². The Morgan fingerprint density at radius 3 is 1.63 bits per heavy atom. The van der Waals surface area contributed by atoms with Crippen LogP contribution < -0.4 is 21.0 Å². The largest absolute Gasteiger partial charge is 0.643 e. The second-order valence-electron chi connectivity index (χ2n) is 17.4. The number of anilines is 1. The number of nitrogens with zero attached hydrogens (tertiary/aromatic N) is 3. The van der Waals surface area contributed by atoms with E-state index in [1.165, 1.54) is 0 Å². The third kappa shape index (κ3) is 12.8. The van der Waals surface area contributed by atoms with Crippen LogP contribution in [0.25, 0.3) is 22.1 Å². The van der Waals surface area contributed by atoms with Crippen LogP contribution in [0.2, 0.25) is 20.1 Å². The van der Waals surface area contributed by atoms with Crippen molar-refractivity contribution in [3.8, 4) is 5.75 Å². The predicted molar refractivity (Wildman–Crippen MR) is 306 cm³/mol. The molecule has 2 aromatic heterocycles. The van der Waals surface area contributed by atoms with E-state index in [1.807, 2.05) is 133 Å². The number of hydrogen-bond donors (Lipinski definition) is 4. The minimum atomic E-state index is -1.72. The van der Waals surface area contributed by atoms with Crippen molar-refractivity contribution in [1.82, 2.24) is 19.9 Å². The number of carbonyl (C=O) groups is 2. The van der Waals surface area contributed by atoms with Crippen LogP contribution in [0.1, 0.15) is 44.5 Å². The van der Waals surface area contributed by atoms with E-state index in [4.69, 9.17) is 91.3 Å². The number of benzene rings is 7. The number of aromatic nitrogens is 4. The van der Waals surface area contributed by atoms with E-state index in [0.29, 0.717) is 84.2 Å². The lowest BCUT2D eigenvalue weighted by Crippen LogP contribution is -2.38. The fourth-order valence-electron chi connectivity index (χ4n) is 8.97. The molecule has 4 heterocycles. The number of rotatable bonds is 9. The molecule has 1 amide bonds. The second-order valence-corrected chi connectivity index (χ2v) is 25.5. The molecule has 2 atom stereocenters. The number of imidazole rings is 2. The fourth-order valence-corrected chi connectivity index (χ4v) is 9.74. The summed E-state index contributed by atoms with van der Waals surface area (Å²) in [5.74, 6) is 0.596. The minimum Gasteiger partial charge on any atom is -0.497 e. The monoisotopic (exact) mass is 1150 g/mol. The molecule has 2 aliphatic rings. The normalized spacial score (nSPS) is 15.1. The summed E-state index contributed by atoms with van der Waals surface area (Å²) in [7, 11) is 16.5. The quantitative estimate of drug-likeness (QED) is 0.105. The standard InChI is InChI=1S/C31H24Cl2N4O3.C24H17Cl2N3O2.Al.3ClH/c1-40-22-10-6-18(7-11-22)17-37-28-13-9-21(32)16-23(28)29(20-8-12-25-26(15-20)36-31(39)35-25)34-27(30(37)38)14-19-4-2-3-5-24(19)33;25-16-7-5-13-11-22(30)21(9-14-3-1-2-4-18(14)26)27-23(17(13)12-16)15-6-8-19-20(10-15)29-24(31)28-19;;;;/h2-13,15-16,27H,14,17H2,1H3,(H2,35,36,39);1-8,10,12,21H,9,11H2,(H2,28,29,31);;3*1H/q;;+3;;;/p-3. The average molecular weight is 1160 g/mol. The zero-order valence-electron chi connectivity index (χ0n) is 39.4. The Morgan fingerprint density at radius 1 is 0.573 bits per heavy atom. The highest BCUT2D eigenvalue weighted by Crippen LogP contribution is 2.35. The van der Waals surface area contributed by atoms with Gasteiger partial charge in [-0.2, -0.15) is 0 Å². The first-order valence-corrected chi connectivity index (χ1v) is 29.9. The van der Waals surface area contributed by atoms with Crippen LogP contribution in [0.4, 0.5) is 5.69 Å². The van der Waals surface area contributed by atoms with Crippen LogP contribution in [0.5, 0.6) is 5.75 Å². The SMILES string of the molecule is COc1ccc(CN2C(=O)C(Cc3ccccc3Cl)N=C(c3ccc4[nH]c(=O)[nH]c4c3)c3cc(Cl)ccc32)cc1.O=C1Cc2ccc(Cl)cc2C(c2ccc3[nH]c(=O)[nH]c3c2)=NC1Cc1ccccc1Cl.[Cl][Al]([Cl])[Cl]. The zero-order valence-corrected chi connectivity index (χ0v) is 45.9. The van der Waals surface area contributed by atoms with Gasteiger partial charge in [0.05, 0.1) is 52.8 Å². The molecule has 0 saturated heterocycles. The number of hydrogen-bond acceptors (Lipinski definition) is 7. The molecule has 2 unspecified atom stereocenters. The molecule has 0 bridgehead atoms. The molecule has 0 radical (unpaired) electrons. The summed E-state index contributed by atoms with van der Waals surface area (Å²) in [5, 5.41) is 2.27.